The van der Waals surface area contributed by atoms with Gasteiger partial charge in [-0.05, 0) is 37.0 Å². The maximum absolute atomic E-state index is 13.8. The normalized spacial score (nSPS) is 21.3. The third kappa shape index (κ3) is 4.05. The Morgan fingerprint density at radius 1 is 1.43 bits per heavy atom. The van der Waals surface area contributed by atoms with Crippen LogP contribution in [0.4, 0.5) is 4.39 Å². The average molecular weight is 289 g/mol. The first-order valence-corrected chi connectivity index (χ1v) is 7.32. The summed E-state index contributed by atoms with van der Waals surface area (Å²) in [5.41, 5.74) is 0.532. The highest BCUT2D eigenvalue weighted by molar-refractivity contribution is 5.95. The molecule has 0 aliphatic heterocycles. The van der Waals surface area contributed by atoms with Gasteiger partial charge in [-0.15, -0.1) is 0 Å². The van der Waals surface area contributed by atoms with E-state index in [4.69, 9.17) is 5.11 Å². The van der Waals surface area contributed by atoms with E-state index in [1.54, 1.807) is 0 Å². The van der Waals surface area contributed by atoms with Crippen LogP contribution in [-0.2, 0) is 0 Å². The van der Waals surface area contributed by atoms with Crippen molar-refractivity contribution in [3.05, 3.63) is 35.1 Å². The quantitative estimate of drug-likeness (QED) is 0.822. The minimum Gasteiger partial charge on any atom is -0.384 e. The molecule has 0 spiro atoms. The molecule has 1 saturated carbocycles. The van der Waals surface area contributed by atoms with Crippen LogP contribution in [-0.4, -0.2) is 23.7 Å². The van der Waals surface area contributed by atoms with Crippen molar-refractivity contribution in [2.75, 3.05) is 6.61 Å². The Labute approximate surface area is 124 Å². The molecule has 0 radical (unpaired) electrons. The molecule has 21 heavy (non-hydrogen) atoms. The van der Waals surface area contributed by atoms with Crippen molar-refractivity contribution in [3.63, 3.8) is 0 Å². The zero-order valence-electron chi connectivity index (χ0n) is 12.2. The Balaban J connectivity index is 2.14. The van der Waals surface area contributed by atoms with Crippen LogP contribution in [0, 0.1) is 23.6 Å². The van der Waals surface area contributed by atoms with Gasteiger partial charge in [0.15, 0.2) is 0 Å². The van der Waals surface area contributed by atoms with E-state index in [0.717, 1.165) is 19.3 Å². The van der Waals surface area contributed by atoms with Crippen molar-refractivity contribution >= 4 is 5.91 Å². The van der Waals surface area contributed by atoms with Crippen molar-refractivity contribution in [1.82, 2.24) is 5.32 Å². The summed E-state index contributed by atoms with van der Waals surface area (Å²) in [4.78, 5) is 12.3. The smallest absolute Gasteiger partial charge is 0.254 e. The third-order valence-electron chi connectivity index (χ3n) is 3.95. The Morgan fingerprint density at radius 2 is 2.19 bits per heavy atom. The van der Waals surface area contributed by atoms with E-state index in [0.29, 0.717) is 11.5 Å². The molecule has 1 fully saturated rings. The number of carbonyl (C=O) groups is 1. The van der Waals surface area contributed by atoms with Gasteiger partial charge in [-0.25, -0.2) is 4.39 Å². The lowest BCUT2D eigenvalue weighted by atomic mass is 9.86. The van der Waals surface area contributed by atoms with Gasteiger partial charge in [0.05, 0.1) is 5.56 Å². The van der Waals surface area contributed by atoms with Crippen LogP contribution in [0.25, 0.3) is 0 Å². The van der Waals surface area contributed by atoms with Gasteiger partial charge < -0.3 is 10.4 Å². The molecule has 1 aliphatic rings. The molecule has 1 amide bonds. The second-order valence-electron chi connectivity index (χ2n) is 5.50. The summed E-state index contributed by atoms with van der Waals surface area (Å²) < 4.78 is 13.8. The summed E-state index contributed by atoms with van der Waals surface area (Å²) in [7, 11) is 0. The molecular weight excluding hydrogens is 269 g/mol. The maximum Gasteiger partial charge on any atom is 0.254 e. The van der Waals surface area contributed by atoms with Gasteiger partial charge in [0.1, 0.15) is 12.4 Å². The summed E-state index contributed by atoms with van der Waals surface area (Å²) in [6.45, 7) is 1.85. The average Bonchev–Trinajstić information content (AvgIpc) is 2.48. The van der Waals surface area contributed by atoms with Gasteiger partial charge in [0, 0.05) is 11.6 Å². The molecule has 2 rings (SSSR count). The number of hydrogen-bond acceptors (Lipinski definition) is 2. The fraction of sp³-hybridized carbons (Fsp3) is 0.471. The van der Waals surface area contributed by atoms with Crippen LogP contribution in [0.5, 0.6) is 0 Å². The maximum atomic E-state index is 13.8. The molecule has 4 heteroatoms. The molecule has 2 atom stereocenters. The van der Waals surface area contributed by atoms with E-state index in [9.17, 15) is 9.18 Å². The van der Waals surface area contributed by atoms with Crippen molar-refractivity contribution in [2.24, 2.45) is 5.92 Å². The summed E-state index contributed by atoms with van der Waals surface area (Å²) in [5.74, 6) is 4.65. The number of nitrogens with one attached hydrogen (secondary N) is 1. The fourth-order valence-electron chi connectivity index (χ4n) is 2.70. The summed E-state index contributed by atoms with van der Waals surface area (Å²) in [5, 5.41) is 11.6. The fourth-order valence-corrected chi connectivity index (χ4v) is 2.70. The highest BCUT2D eigenvalue weighted by Gasteiger charge is 2.24. The van der Waals surface area contributed by atoms with E-state index in [2.05, 4.69) is 24.1 Å². The van der Waals surface area contributed by atoms with Crippen molar-refractivity contribution in [1.29, 1.82) is 0 Å². The lowest BCUT2D eigenvalue weighted by Gasteiger charge is -2.29. The van der Waals surface area contributed by atoms with Gasteiger partial charge in [0.25, 0.3) is 5.91 Å². The van der Waals surface area contributed by atoms with E-state index in [-0.39, 0.29) is 24.1 Å². The van der Waals surface area contributed by atoms with Crippen molar-refractivity contribution < 1.29 is 14.3 Å². The van der Waals surface area contributed by atoms with Crippen LogP contribution in [0.3, 0.4) is 0 Å². The lowest BCUT2D eigenvalue weighted by Crippen LogP contribution is -2.41. The Bertz CT molecular complexity index is 574. The largest absolute Gasteiger partial charge is 0.384 e. The van der Waals surface area contributed by atoms with Gasteiger partial charge in [-0.3, -0.25) is 4.79 Å². The summed E-state index contributed by atoms with van der Waals surface area (Å²) in [6, 6.07) is 4.28. The second-order valence-corrected chi connectivity index (χ2v) is 5.50. The Morgan fingerprint density at radius 3 is 2.90 bits per heavy atom. The molecule has 1 aliphatic carbocycles. The lowest BCUT2D eigenvalue weighted by molar-refractivity contribution is 0.0906. The minimum atomic E-state index is -0.550. The van der Waals surface area contributed by atoms with E-state index in [1.165, 1.54) is 24.6 Å². The molecule has 1 aromatic rings. The van der Waals surface area contributed by atoms with Gasteiger partial charge >= 0.3 is 0 Å². The van der Waals surface area contributed by atoms with Crippen LogP contribution in [0.2, 0.25) is 0 Å². The molecule has 0 bridgehead atoms. The standard InChI is InChI=1S/C17H20FNO2/c1-12-5-2-3-7-16(12)19-17(21)14-11-13(6-4-10-20)8-9-15(14)18/h8-9,11-12,16,20H,2-3,5,7,10H2,1H3,(H,19,21). The predicted octanol–water partition coefficient (Wildman–Crippen LogP) is 2.48. The first kappa shape index (κ1) is 15.5. The number of aliphatic hydroxyl groups is 1. The molecule has 0 saturated heterocycles. The number of rotatable bonds is 2. The molecule has 3 nitrogen and oxygen atoms in total. The zero-order valence-corrected chi connectivity index (χ0v) is 12.2. The first-order chi connectivity index (χ1) is 10.1. The van der Waals surface area contributed by atoms with Gasteiger partial charge in [0.2, 0.25) is 0 Å². The van der Waals surface area contributed by atoms with E-state index >= 15 is 0 Å². The van der Waals surface area contributed by atoms with Crippen LogP contribution >= 0.6 is 0 Å². The molecule has 112 valence electrons. The molecule has 0 aromatic heterocycles. The third-order valence-corrected chi connectivity index (χ3v) is 3.95. The zero-order chi connectivity index (χ0) is 15.2. The Hall–Kier alpha value is -1.86. The molecule has 0 heterocycles. The van der Waals surface area contributed by atoms with E-state index < -0.39 is 5.82 Å². The number of benzene rings is 1. The minimum absolute atomic E-state index is 0.0116. The molecule has 2 unspecified atom stereocenters. The SMILES string of the molecule is CC1CCCCC1NC(=O)c1cc(C#CCO)ccc1F. The number of hydrogen-bond donors (Lipinski definition) is 2. The summed E-state index contributed by atoms with van der Waals surface area (Å²) in [6.07, 6.45) is 4.32. The second kappa shape index (κ2) is 7.24. The number of halogens is 1. The van der Waals surface area contributed by atoms with Crippen LogP contribution in [0.1, 0.15) is 48.5 Å². The first-order valence-electron chi connectivity index (χ1n) is 7.32. The van der Waals surface area contributed by atoms with Crippen LogP contribution < -0.4 is 5.32 Å². The van der Waals surface area contributed by atoms with Gasteiger partial charge in [-0.1, -0.05) is 31.6 Å². The predicted molar refractivity (Wildman–Crippen MR) is 79.3 cm³/mol. The van der Waals surface area contributed by atoms with E-state index in [1.807, 2.05) is 0 Å². The Kier molecular flexibility index (Phi) is 5.35. The van der Waals surface area contributed by atoms with Gasteiger partial charge in [-0.2, -0.15) is 0 Å². The van der Waals surface area contributed by atoms with Crippen LogP contribution in [0.15, 0.2) is 18.2 Å². The molecular formula is C17H20FNO2. The molecule has 2 N–H and O–H groups in total. The number of amides is 1. The highest BCUT2D eigenvalue weighted by Crippen LogP contribution is 2.24. The van der Waals surface area contributed by atoms with Crippen molar-refractivity contribution in [3.8, 4) is 11.8 Å². The topological polar surface area (TPSA) is 49.3 Å². The molecule has 1 aromatic carbocycles. The monoisotopic (exact) mass is 289 g/mol. The number of carbonyl (C=O) groups excluding carboxylic acids is 1. The number of aliphatic hydroxyl groups excluding tert-OH is 1. The summed E-state index contributed by atoms with van der Waals surface area (Å²) >= 11 is 0. The highest BCUT2D eigenvalue weighted by atomic mass is 19.1. The van der Waals surface area contributed by atoms with Crippen molar-refractivity contribution in [2.45, 2.75) is 38.6 Å².